The Labute approximate surface area is 164 Å². The van der Waals surface area contributed by atoms with E-state index in [4.69, 9.17) is 0 Å². The molecule has 0 aromatic heterocycles. The smallest absolute Gasteiger partial charge is 0.305 e. The number of nitrogens with one attached hydrogen (secondary N) is 1. The number of rotatable bonds is 6. The number of amides is 3. The number of imide groups is 1. The summed E-state index contributed by atoms with van der Waals surface area (Å²) in [5.74, 6) is -2.75. The normalized spacial score (nSPS) is 23.9. The number of aryl methyl sites for hydroxylation is 1. The van der Waals surface area contributed by atoms with Gasteiger partial charge in [0.1, 0.15) is 6.04 Å². The van der Waals surface area contributed by atoms with Gasteiger partial charge in [-0.3, -0.25) is 24.1 Å². The van der Waals surface area contributed by atoms with Crippen LogP contribution in [-0.4, -0.2) is 39.7 Å². The van der Waals surface area contributed by atoms with E-state index in [9.17, 15) is 24.3 Å². The molecular weight excluding hydrogens is 360 g/mol. The maximum Gasteiger partial charge on any atom is 0.305 e. The summed E-state index contributed by atoms with van der Waals surface area (Å²) in [7, 11) is 0. The van der Waals surface area contributed by atoms with Gasteiger partial charge in [0.05, 0.1) is 24.3 Å². The van der Waals surface area contributed by atoms with E-state index < -0.39 is 24.0 Å². The number of benzene rings is 1. The number of hydrogen-bond acceptors (Lipinski definition) is 4. The van der Waals surface area contributed by atoms with Gasteiger partial charge in [0.15, 0.2) is 0 Å². The predicted molar refractivity (Wildman–Crippen MR) is 101 cm³/mol. The molecule has 28 heavy (non-hydrogen) atoms. The van der Waals surface area contributed by atoms with E-state index in [2.05, 4.69) is 5.32 Å². The second-order valence-corrected chi connectivity index (χ2v) is 7.79. The van der Waals surface area contributed by atoms with Gasteiger partial charge < -0.3 is 10.4 Å². The molecule has 1 heterocycles. The van der Waals surface area contributed by atoms with Crippen LogP contribution >= 0.6 is 0 Å². The molecule has 1 aliphatic carbocycles. The Balaban J connectivity index is 1.75. The highest BCUT2D eigenvalue weighted by atomic mass is 16.4. The molecule has 7 heteroatoms. The summed E-state index contributed by atoms with van der Waals surface area (Å²) in [6.45, 7) is 3.44. The molecule has 0 bridgehead atoms. The Hall–Kier alpha value is -2.70. The lowest BCUT2D eigenvalue weighted by atomic mass is 9.81. The molecule has 1 aromatic carbocycles. The van der Waals surface area contributed by atoms with Crippen LogP contribution in [0.5, 0.6) is 0 Å². The van der Waals surface area contributed by atoms with Crippen molar-refractivity contribution in [3.8, 4) is 0 Å². The largest absolute Gasteiger partial charge is 0.481 e. The Morgan fingerprint density at radius 3 is 2.14 bits per heavy atom. The summed E-state index contributed by atoms with van der Waals surface area (Å²) in [5, 5.41) is 11.9. The second kappa shape index (κ2) is 8.12. The van der Waals surface area contributed by atoms with Crippen molar-refractivity contribution in [1.82, 2.24) is 10.2 Å². The van der Waals surface area contributed by atoms with Gasteiger partial charge in [-0.15, -0.1) is 0 Å². The number of aliphatic carboxylic acids is 1. The maximum absolute atomic E-state index is 12.8. The molecule has 0 radical (unpaired) electrons. The third kappa shape index (κ3) is 3.93. The summed E-state index contributed by atoms with van der Waals surface area (Å²) in [6, 6.07) is 5.54. The van der Waals surface area contributed by atoms with Crippen LogP contribution in [0.2, 0.25) is 0 Å². The third-order valence-corrected chi connectivity index (χ3v) is 5.82. The predicted octanol–water partition coefficient (Wildman–Crippen LogP) is 2.19. The molecule has 1 saturated carbocycles. The van der Waals surface area contributed by atoms with E-state index in [-0.39, 0.29) is 30.1 Å². The Bertz CT molecular complexity index is 764. The van der Waals surface area contributed by atoms with Crippen molar-refractivity contribution in [2.75, 3.05) is 0 Å². The fourth-order valence-electron chi connectivity index (χ4n) is 4.20. The van der Waals surface area contributed by atoms with Gasteiger partial charge in [-0.2, -0.15) is 0 Å². The zero-order valence-electron chi connectivity index (χ0n) is 16.2. The summed E-state index contributed by atoms with van der Waals surface area (Å²) in [6.07, 6.45) is 2.93. The first kappa shape index (κ1) is 20.0. The minimum Gasteiger partial charge on any atom is -0.481 e. The van der Waals surface area contributed by atoms with Gasteiger partial charge in [0, 0.05) is 0 Å². The summed E-state index contributed by atoms with van der Waals surface area (Å²) in [5.41, 5.74) is 1.69. The van der Waals surface area contributed by atoms with Gasteiger partial charge >= 0.3 is 5.97 Å². The van der Waals surface area contributed by atoms with Crippen molar-refractivity contribution in [3.05, 3.63) is 35.4 Å². The molecule has 150 valence electrons. The molecule has 3 rings (SSSR count). The monoisotopic (exact) mass is 386 g/mol. The van der Waals surface area contributed by atoms with E-state index in [0.29, 0.717) is 18.4 Å². The van der Waals surface area contributed by atoms with Crippen molar-refractivity contribution in [2.24, 2.45) is 11.8 Å². The maximum atomic E-state index is 12.8. The van der Waals surface area contributed by atoms with Crippen molar-refractivity contribution < 1.29 is 24.3 Å². The molecule has 3 amide bonds. The molecular formula is C21H26N2O5. The van der Waals surface area contributed by atoms with Gasteiger partial charge in [0.2, 0.25) is 17.7 Å². The lowest BCUT2D eigenvalue weighted by molar-refractivity contribution is -0.148. The minimum absolute atomic E-state index is 0.275. The third-order valence-electron chi connectivity index (χ3n) is 5.82. The topological polar surface area (TPSA) is 104 Å². The average molecular weight is 386 g/mol. The Morgan fingerprint density at radius 1 is 1.11 bits per heavy atom. The number of likely N-dealkylation sites (tertiary alicyclic amines) is 1. The van der Waals surface area contributed by atoms with Crippen molar-refractivity contribution in [1.29, 1.82) is 0 Å². The van der Waals surface area contributed by atoms with E-state index in [1.165, 1.54) is 6.92 Å². The van der Waals surface area contributed by atoms with E-state index in [0.717, 1.165) is 23.3 Å². The fraction of sp³-hybridized carbons (Fsp3) is 0.524. The number of carboxylic acids is 1. The SMILES string of the molecule is Cc1ccc([C@H](CC(=O)O)NC(=O)[C@@H](C)N2C(=O)[C@H]3CCCC[C@H]3C2=O)cc1. The Kier molecular flexibility index (Phi) is 5.82. The number of carbonyl (C=O) groups excluding carboxylic acids is 3. The molecule has 0 spiro atoms. The first-order valence-electron chi connectivity index (χ1n) is 9.75. The highest BCUT2D eigenvalue weighted by Crippen LogP contribution is 2.38. The highest BCUT2D eigenvalue weighted by Gasteiger charge is 2.50. The van der Waals surface area contributed by atoms with Crippen molar-refractivity contribution in [2.45, 2.75) is 58.0 Å². The van der Waals surface area contributed by atoms with Crippen LogP contribution in [0.25, 0.3) is 0 Å². The van der Waals surface area contributed by atoms with E-state index in [1.54, 1.807) is 12.1 Å². The highest BCUT2D eigenvalue weighted by molar-refractivity contribution is 6.08. The Morgan fingerprint density at radius 2 is 1.64 bits per heavy atom. The fourth-order valence-corrected chi connectivity index (χ4v) is 4.20. The number of nitrogens with zero attached hydrogens (tertiary/aromatic N) is 1. The molecule has 2 N–H and O–H groups in total. The van der Waals surface area contributed by atoms with Crippen LogP contribution in [0.1, 0.15) is 56.2 Å². The first-order valence-corrected chi connectivity index (χ1v) is 9.75. The van der Waals surface area contributed by atoms with Crippen LogP contribution in [0.3, 0.4) is 0 Å². The molecule has 2 fully saturated rings. The van der Waals surface area contributed by atoms with E-state index in [1.807, 2.05) is 19.1 Å². The lowest BCUT2D eigenvalue weighted by Crippen LogP contribution is -2.49. The summed E-state index contributed by atoms with van der Waals surface area (Å²) < 4.78 is 0. The van der Waals surface area contributed by atoms with Crippen molar-refractivity contribution in [3.63, 3.8) is 0 Å². The quantitative estimate of drug-likeness (QED) is 0.730. The second-order valence-electron chi connectivity index (χ2n) is 7.79. The average Bonchev–Trinajstić information content (AvgIpc) is 2.92. The number of fused-ring (bicyclic) bond motifs is 1. The van der Waals surface area contributed by atoms with Gasteiger partial charge in [-0.1, -0.05) is 42.7 Å². The van der Waals surface area contributed by atoms with Crippen LogP contribution < -0.4 is 5.32 Å². The zero-order valence-corrected chi connectivity index (χ0v) is 16.2. The first-order chi connectivity index (χ1) is 13.3. The van der Waals surface area contributed by atoms with Crippen LogP contribution in [-0.2, 0) is 19.2 Å². The standard InChI is InChI=1S/C21H26N2O5/c1-12-7-9-14(10-8-12)17(11-18(24)25)22-19(26)13(2)23-20(27)15-5-3-4-6-16(15)21(23)28/h7-10,13,15-17H,3-6,11H2,1-2H3,(H,22,26)(H,24,25)/t13-,15-,16+,17+/m1/s1. The van der Waals surface area contributed by atoms with Crippen LogP contribution in [0, 0.1) is 18.8 Å². The number of carbonyl (C=O) groups is 4. The molecule has 1 aliphatic heterocycles. The molecule has 2 aliphatic rings. The molecule has 0 unspecified atom stereocenters. The molecule has 1 saturated heterocycles. The van der Waals surface area contributed by atoms with Gasteiger partial charge in [-0.25, -0.2) is 0 Å². The molecule has 7 nitrogen and oxygen atoms in total. The van der Waals surface area contributed by atoms with E-state index >= 15 is 0 Å². The number of hydrogen-bond donors (Lipinski definition) is 2. The molecule has 4 atom stereocenters. The van der Waals surface area contributed by atoms with Crippen LogP contribution in [0.15, 0.2) is 24.3 Å². The lowest BCUT2D eigenvalue weighted by Gasteiger charge is -2.25. The van der Waals surface area contributed by atoms with Crippen molar-refractivity contribution >= 4 is 23.7 Å². The zero-order chi connectivity index (χ0) is 20.4. The number of carboxylic acid groups (broad SMARTS) is 1. The van der Waals surface area contributed by atoms with Gasteiger partial charge in [0.25, 0.3) is 0 Å². The van der Waals surface area contributed by atoms with Gasteiger partial charge in [-0.05, 0) is 32.3 Å². The van der Waals surface area contributed by atoms with Crippen LogP contribution in [0.4, 0.5) is 0 Å². The molecule has 1 aromatic rings. The minimum atomic E-state index is -1.04. The summed E-state index contributed by atoms with van der Waals surface area (Å²) in [4.78, 5) is 50.6. The summed E-state index contributed by atoms with van der Waals surface area (Å²) >= 11 is 0.